The van der Waals surface area contributed by atoms with E-state index >= 15 is 0 Å². The van der Waals surface area contributed by atoms with Gasteiger partial charge in [0.25, 0.3) is 0 Å². The molecule has 1 saturated carbocycles. The fraction of sp³-hybridized carbons (Fsp3) is 0.929. The number of fused-ring (bicyclic) bond motifs is 1. The zero-order chi connectivity index (χ0) is 13.5. The minimum Gasteiger partial charge on any atom is -0.385 e. The minimum atomic E-state index is 0.653. The highest BCUT2D eigenvalue weighted by molar-refractivity contribution is 5.79. The Morgan fingerprint density at radius 1 is 1.32 bits per heavy atom. The van der Waals surface area contributed by atoms with E-state index in [4.69, 9.17) is 10.6 Å². The van der Waals surface area contributed by atoms with Gasteiger partial charge >= 0.3 is 0 Å². The van der Waals surface area contributed by atoms with Crippen LogP contribution in [0, 0.1) is 5.92 Å². The van der Waals surface area contributed by atoms with Crippen LogP contribution in [-0.4, -0.2) is 43.7 Å². The second-order valence-corrected chi connectivity index (χ2v) is 5.64. The number of rotatable bonds is 4. The molecule has 2 atom stereocenters. The van der Waals surface area contributed by atoms with E-state index in [1.54, 1.807) is 7.11 Å². The summed E-state index contributed by atoms with van der Waals surface area (Å²) in [6.07, 6.45) is 9.00. The number of likely N-dealkylation sites (tertiary alicyclic amines) is 1. The summed E-state index contributed by atoms with van der Waals surface area (Å²) in [4.78, 5) is 7.04. The molecule has 0 radical (unpaired) electrons. The van der Waals surface area contributed by atoms with Gasteiger partial charge in [0.15, 0.2) is 0 Å². The van der Waals surface area contributed by atoms with Gasteiger partial charge in [0, 0.05) is 32.8 Å². The Morgan fingerprint density at radius 3 is 2.89 bits per heavy atom. The number of hydrazine groups is 1. The van der Waals surface area contributed by atoms with Gasteiger partial charge in [0.1, 0.15) is 0 Å². The Kier molecular flexibility index (Phi) is 5.92. The average Bonchev–Trinajstić information content (AvgIpc) is 2.47. The van der Waals surface area contributed by atoms with Gasteiger partial charge in [-0.1, -0.05) is 12.8 Å². The zero-order valence-electron chi connectivity index (χ0n) is 12.1. The van der Waals surface area contributed by atoms with Crippen LogP contribution in [0.4, 0.5) is 0 Å². The van der Waals surface area contributed by atoms with Crippen LogP contribution in [0.3, 0.4) is 0 Å². The van der Waals surface area contributed by atoms with Crippen molar-refractivity contribution in [3.63, 3.8) is 0 Å². The van der Waals surface area contributed by atoms with Crippen molar-refractivity contribution in [1.29, 1.82) is 0 Å². The number of nitrogens with zero attached hydrogens (tertiary/aromatic N) is 2. The summed E-state index contributed by atoms with van der Waals surface area (Å²) in [7, 11) is 1.73. The lowest BCUT2D eigenvalue weighted by atomic mass is 9.78. The van der Waals surface area contributed by atoms with E-state index in [-0.39, 0.29) is 0 Å². The highest BCUT2D eigenvalue weighted by Crippen LogP contribution is 2.35. The molecule has 110 valence electrons. The molecule has 0 aromatic rings. The molecule has 2 rings (SSSR count). The lowest BCUT2D eigenvalue weighted by molar-refractivity contribution is 0.115. The number of nitrogens with one attached hydrogen (secondary N) is 1. The second-order valence-electron chi connectivity index (χ2n) is 5.64. The fourth-order valence-corrected chi connectivity index (χ4v) is 3.50. The van der Waals surface area contributed by atoms with E-state index in [9.17, 15) is 0 Å². The third-order valence-corrected chi connectivity index (χ3v) is 4.41. The van der Waals surface area contributed by atoms with Gasteiger partial charge in [-0.2, -0.15) is 0 Å². The SMILES string of the molecule is COCCCN=C(NN)N1CCC[C@H]2CCCC[C@H]21. The van der Waals surface area contributed by atoms with Crippen LogP contribution in [0.5, 0.6) is 0 Å². The number of guanidine groups is 1. The van der Waals surface area contributed by atoms with Crippen molar-refractivity contribution in [2.45, 2.75) is 51.0 Å². The van der Waals surface area contributed by atoms with Crippen LogP contribution in [0.25, 0.3) is 0 Å². The first-order valence-corrected chi connectivity index (χ1v) is 7.63. The zero-order valence-corrected chi connectivity index (χ0v) is 12.1. The van der Waals surface area contributed by atoms with Crippen molar-refractivity contribution in [2.24, 2.45) is 16.8 Å². The normalized spacial score (nSPS) is 28.1. The van der Waals surface area contributed by atoms with E-state index in [2.05, 4.69) is 15.3 Å². The lowest BCUT2D eigenvalue weighted by Crippen LogP contribution is -2.55. The summed E-state index contributed by atoms with van der Waals surface area (Å²) in [6, 6.07) is 0.653. The molecule has 2 fully saturated rings. The molecule has 0 aromatic carbocycles. The first-order valence-electron chi connectivity index (χ1n) is 7.63. The van der Waals surface area contributed by atoms with Crippen molar-refractivity contribution < 1.29 is 4.74 Å². The van der Waals surface area contributed by atoms with Crippen molar-refractivity contribution in [2.75, 3.05) is 26.8 Å². The molecular weight excluding hydrogens is 240 g/mol. The maximum absolute atomic E-state index is 5.69. The van der Waals surface area contributed by atoms with E-state index in [0.29, 0.717) is 6.04 Å². The van der Waals surface area contributed by atoms with Gasteiger partial charge in [-0.25, -0.2) is 5.84 Å². The molecule has 0 spiro atoms. The Balaban J connectivity index is 1.95. The maximum Gasteiger partial charge on any atom is 0.208 e. The number of piperidine rings is 1. The van der Waals surface area contributed by atoms with E-state index in [1.807, 2.05) is 0 Å². The van der Waals surface area contributed by atoms with Crippen LogP contribution >= 0.6 is 0 Å². The quantitative estimate of drug-likeness (QED) is 0.267. The average molecular weight is 268 g/mol. The van der Waals surface area contributed by atoms with Gasteiger partial charge < -0.3 is 9.64 Å². The van der Waals surface area contributed by atoms with Gasteiger partial charge in [0.05, 0.1) is 0 Å². The molecule has 1 heterocycles. The number of aliphatic imine (C=N–C) groups is 1. The first-order chi connectivity index (χ1) is 9.36. The topological polar surface area (TPSA) is 62.9 Å². The molecule has 0 amide bonds. The molecule has 1 aliphatic carbocycles. The molecule has 1 saturated heterocycles. The first kappa shape index (κ1) is 14.6. The molecule has 1 aliphatic heterocycles. The summed E-state index contributed by atoms with van der Waals surface area (Å²) < 4.78 is 5.05. The summed E-state index contributed by atoms with van der Waals surface area (Å²) in [5.41, 5.74) is 2.82. The number of methoxy groups -OCH3 is 1. The molecule has 5 nitrogen and oxygen atoms in total. The number of hydrogen-bond donors (Lipinski definition) is 2. The number of nitrogens with two attached hydrogens (primary N) is 1. The van der Waals surface area contributed by atoms with E-state index in [0.717, 1.165) is 38.0 Å². The maximum atomic E-state index is 5.69. The lowest BCUT2D eigenvalue weighted by Gasteiger charge is -2.45. The van der Waals surface area contributed by atoms with E-state index < -0.39 is 0 Å². The number of hydrogen-bond acceptors (Lipinski definition) is 3. The highest BCUT2D eigenvalue weighted by Gasteiger charge is 2.34. The highest BCUT2D eigenvalue weighted by atomic mass is 16.5. The Labute approximate surface area is 116 Å². The summed E-state index contributed by atoms with van der Waals surface area (Å²) in [5, 5.41) is 0. The van der Waals surface area contributed by atoms with Crippen LogP contribution in [0.15, 0.2) is 4.99 Å². The molecule has 19 heavy (non-hydrogen) atoms. The summed E-state index contributed by atoms with van der Waals surface area (Å²) >= 11 is 0. The second kappa shape index (κ2) is 7.70. The largest absolute Gasteiger partial charge is 0.385 e. The molecular formula is C14H28N4O. The molecule has 0 bridgehead atoms. The molecule has 0 unspecified atom stereocenters. The molecule has 0 aromatic heterocycles. The third kappa shape index (κ3) is 3.83. The molecule has 3 N–H and O–H groups in total. The molecule has 2 aliphatic rings. The minimum absolute atomic E-state index is 0.653. The van der Waals surface area contributed by atoms with Crippen molar-refractivity contribution in [1.82, 2.24) is 10.3 Å². The third-order valence-electron chi connectivity index (χ3n) is 4.41. The van der Waals surface area contributed by atoms with E-state index in [1.165, 1.54) is 38.5 Å². The molecule has 5 heteroatoms. The smallest absolute Gasteiger partial charge is 0.208 e. The van der Waals surface area contributed by atoms with Gasteiger partial charge in [0.2, 0.25) is 5.96 Å². The van der Waals surface area contributed by atoms with Crippen molar-refractivity contribution in [3.8, 4) is 0 Å². The van der Waals surface area contributed by atoms with Crippen LogP contribution in [-0.2, 0) is 4.74 Å². The van der Waals surface area contributed by atoms with Crippen molar-refractivity contribution in [3.05, 3.63) is 0 Å². The monoisotopic (exact) mass is 268 g/mol. The predicted molar refractivity (Wildman–Crippen MR) is 77.8 cm³/mol. The van der Waals surface area contributed by atoms with Gasteiger partial charge in [-0.05, 0) is 38.0 Å². The predicted octanol–water partition coefficient (Wildman–Crippen LogP) is 1.50. The summed E-state index contributed by atoms with van der Waals surface area (Å²) in [5.74, 6) is 7.42. The van der Waals surface area contributed by atoms with Crippen LogP contribution in [0.1, 0.15) is 44.9 Å². The fourth-order valence-electron chi connectivity index (χ4n) is 3.50. The van der Waals surface area contributed by atoms with Crippen molar-refractivity contribution >= 4 is 5.96 Å². The number of ether oxygens (including phenoxy) is 1. The summed E-state index contributed by atoms with van der Waals surface area (Å²) in [6.45, 7) is 2.63. The van der Waals surface area contributed by atoms with Crippen LogP contribution < -0.4 is 11.3 Å². The van der Waals surface area contributed by atoms with Gasteiger partial charge in [-0.3, -0.25) is 10.4 Å². The Morgan fingerprint density at radius 2 is 2.11 bits per heavy atom. The van der Waals surface area contributed by atoms with Crippen LogP contribution in [0.2, 0.25) is 0 Å². The standard InChI is InChI=1S/C14H28N4O/c1-19-11-5-9-16-14(17-15)18-10-4-7-12-6-2-3-8-13(12)18/h12-13H,2-11,15H2,1H3,(H,16,17)/t12-,13-/m1/s1. The Hall–Kier alpha value is -0.810. The Bertz CT molecular complexity index is 293. The van der Waals surface area contributed by atoms with Gasteiger partial charge in [-0.15, -0.1) is 0 Å².